The van der Waals surface area contributed by atoms with Gasteiger partial charge in [-0.15, -0.1) is 10.2 Å². The molecule has 7 rings (SSSR count). The number of nitrogens with zero attached hydrogens (tertiary/aromatic N) is 7. The quantitative estimate of drug-likeness (QED) is 0.267. The molecule has 224 valence electrons. The van der Waals surface area contributed by atoms with Crippen LogP contribution < -0.4 is 5.32 Å². The van der Waals surface area contributed by atoms with E-state index in [4.69, 9.17) is 11.6 Å². The second-order valence-corrected chi connectivity index (χ2v) is 11.1. The number of imidazole rings is 1. The average Bonchev–Trinajstić information content (AvgIpc) is 3.60. The lowest BCUT2D eigenvalue weighted by Gasteiger charge is -2.28. The molecule has 44 heavy (non-hydrogen) atoms. The lowest BCUT2D eigenvalue weighted by molar-refractivity contribution is -0.137. The molecule has 10 nitrogen and oxygen atoms in total. The molecule has 1 amide bonds. The molecule has 6 aromatic rings. The molecular formula is C30H24ClF3N8O2. The number of halogens is 4. The molecule has 0 aliphatic carbocycles. The molecule has 5 heterocycles. The summed E-state index contributed by atoms with van der Waals surface area (Å²) in [6.45, 7) is 1.55. The Morgan fingerprint density at radius 3 is 2.57 bits per heavy atom. The molecule has 0 bridgehead atoms. The Morgan fingerprint density at radius 2 is 1.82 bits per heavy atom. The second-order valence-electron chi connectivity index (χ2n) is 10.7. The molecule has 4 aromatic heterocycles. The molecule has 1 aliphatic heterocycles. The van der Waals surface area contributed by atoms with Crippen molar-refractivity contribution in [3.63, 3.8) is 0 Å². The van der Waals surface area contributed by atoms with Gasteiger partial charge in [-0.2, -0.15) is 13.2 Å². The second kappa shape index (κ2) is 10.8. The molecular weight excluding hydrogens is 597 g/mol. The van der Waals surface area contributed by atoms with Crippen LogP contribution in [0.2, 0.25) is 5.02 Å². The molecule has 2 aromatic carbocycles. The minimum atomic E-state index is -4.65. The van der Waals surface area contributed by atoms with Gasteiger partial charge in [0, 0.05) is 35.9 Å². The Balaban J connectivity index is 1.25. The number of alkyl halides is 3. The van der Waals surface area contributed by atoms with E-state index in [2.05, 4.69) is 25.5 Å². The number of benzene rings is 2. The number of nitrogens with one attached hydrogen (secondary N) is 1. The normalized spacial score (nSPS) is 15.0. The first-order chi connectivity index (χ1) is 21.2. The van der Waals surface area contributed by atoms with Crippen LogP contribution in [0.1, 0.15) is 18.4 Å². The largest absolute Gasteiger partial charge is 0.417 e. The summed E-state index contributed by atoms with van der Waals surface area (Å²) in [5.74, 6) is 0.543. The Hall–Kier alpha value is -4.59. The van der Waals surface area contributed by atoms with Crippen LogP contribution in [0, 0.1) is 0 Å². The summed E-state index contributed by atoms with van der Waals surface area (Å²) < 4.78 is 44.6. The SMILES string of the molecule is O=C(CN1CCC(O)CC1)Nc1ccc(-c2ccc3ncc4c(c3c2)n(-c2ccc(Cl)c(C(F)(F)F)c2)c2nncn42)cn1. The van der Waals surface area contributed by atoms with Crippen molar-refractivity contribution in [2.24, 2.45) is 0 Å². The third kappa shape index (κ3) is 5.12. The van der Waals surface area contributed by atoms with Gasteiger partial charge in [-0.3, -0.25) is 23.6 Å². The fourth-order valence-corrected chi connectivity index (χ4v) is 5.85. The highest BCUT2D eigenvalue weighted by molar-refractivity contribution is 6.31. The standard InChI is InChI=1S/C30H24ClF3N8O2/c31-23-4-3-19(12-22(23)30(32,33)34)42-28-21-11-17(1-5-24(21)35-14-25(28)41-16-37-39-29(41)42)18-2-6-26(36-13-18)38-27(44)15-40-9-7-20(43)8-10-40/h1-6,11-14,16,20,43H,7-10,15H2,(H,36,38,44). The van der Waals surface area contributed by atoms with Crippen LogP contribution in [0.3, 0.4) is 0 Å². The van der Waals surface area contributed by atoms with E-state index in [-0.39, 0.29) is 24.2 Å². The maximum absolute atomic E-state index is 13.8. The topological polar surface area (TPSA) is 113 Å². The monoisotopic (exact) mass is 620 g/mol. The number of pyridine rings is 2. The molecule has 1 saturated heterocycles. The number of anilines is 1. The average molecular weight is 621 g/mol. The molecule has 2 N–H and O–H groups in total. The van der Waals surface area contributed by atoms with Crippen LogP contribution in [0.4, 0.5) is 19.0 Å². The van der Waals surface area contributed by atoms with Crippen LogP contribution in [0.25, 0.3) is 44.5 Å². The molecule has 0 atom stereocenters. The number of fused-ring (bicyclic) bond motifs is 5. The number of rotatable bonds is 5. The lowest BCUT2D eigenvalue weighted by atomic mass is 10.0. The number of aliphatic hydroxyl groups excluding tert-OH is 1. The Labute approximate surface area is 252 Å². The highest BCUT2D eigenvalue weighted by Crippen LogP contribution is 2.38. The van der Waals surface area contributed by atoms with Gasteiger partial charge in [0.05, 0.1) is 46.0 Å². The number of carbonyl (C=O) groups is 1. The summed E-state index contributed by atoms with van der Waals surface area (Å²) in [6, 6.07) is 12.9. The van der Waals surface area contributed by atoms with Gasteiger partial charge in [-0.05, 0) is 60.9 Å². The number of hydrogen-bond acceptors (Lipinski definition) is 7. The number of piperidine rings is 1. The molecule has 0 radical (unpaired) electrons. The van der Waals surface area contributed by atoms with Gasteiger partial charge in [0.15, 0.2) is 0 Å². The van der Waals surface area contributed by atoms with E-state index >= 15 is 0 Å². The molecule has 0 saturated carbocycles. The zero-order chi connectivity index (χ0) is 30.6. The number of aromatic nitrogens is 6. The van der Waals surface area contributed by atoms with Gasteiger partial charge >= 0.3 is 6.18 Å². The van der Waals surface area contributed by atoms with Crippen molar-refractivity contribution < 1.29 is 23.1 Å². The van der Waals surface area contributed by atoms with E-state index in [0.717, 1.165) is 17.2 Å². The molecule has 1 aliphatic rings. The number of likely N-dealkylation sites (tertiary alicyclic amines) is 1. The maximum Gasteiger partial charge on any atom is 0.417 e. The van der Waals surface area contributed by atoms with E-state index in [1.165, 1.54) is 18.5 Å². The van der Waals surface area contributed by atoms with Crippen molar-refractivity contribution in [1.29, 1.82) is 0 Å². The third-order valence-corrected chi connectivity index (χ3v) is 8.16. The van der Waals surface area contributed by atoms with E-state index in [1.54, 1.807) is 27.4 Å². The first kappa shape index (κ1) is 28.2. The van der Waals surface area contributed by atoms with Crippen molar-refractivity contribution in [1.82, 2.24) is 34.0 Å². The van der Waals surface area contributed by atoms with Gasteiger partial charge in [0.1, 0.15) is 12.1 Å². The number of carbonyl (C=O) groups excluding carboxylic acids is 1. The van der Waals surface area contributed by atoms with E-state index < -0.39 is 16.8 Å². The van der Waals surface area contributed by atoms with E-state index in [0.29, 0.717) is 59.5 Å². The van der Waals surface area contributed by atoms with Crippen molar-refractivity contribution in [3.05, 3.63) is 77.8 Å². The van der Waals surface area contributed by atoms with Crippen molar-refractivity contribution in [2.75, 3.05) is 25.0 Å². The van der Waals surface area contributed by atoms with E-state index in [1.807, 2.05) is 29.2 Å². The lowest BCUT2D eigenvalue weighted by Crippen LogP contribution is -2.40. The first-order valence-electron chi connectivity index (χ1n) is 13.8. The highest BCUT2D eigenvalue weighted by atomic mass is 35.5. The van der Waals surface area contributed by atoms with Crippen LogP contribution in [0.5, 0.6) is 0 Å². The fraction of sp³-hybridized carbons (Fsp3) is 0.233. The predicted octanol–water partition coefficient (Wildman–Crippen LogP) is 5.35. The van der Waals surface area contributed by atoms with Crippen molar-refractivity contribution in [3.8, 4) is 16.8 Å². The Kier molecular flexibility index (Phi) is 6.95. The summed E-state index contributed by atoms with van der Waals surface area (Å²) in [7, 11) is 0. The summed E-state index contributed by atoms with van der Waals surface area (Å²) >= 11 is 5.92. The van der Waals surface area contributed by atoms with Gasteiger partial charge in [-0.1, -0.05) is 17.7 Å². The molecule has 1 fully saturated rings. The Bertz CT molecular complexity index is 2030. The Morgan fingerprint density at radius 1 is 1.02 bits per heavy atom. The maximum atomic E-state index is 13.8. The smallest absolute Gasteiger partial charge is 0.393 e. The summed E-state index contributed by atoms with van der Waals surface area (Å²) in [4.78, 5) is 23.5. The number of hydrogen-bond donors (Lipinski definition) is 2. The number of amides is 1. The highest BCUT2D eigenvalue weighted by Gasteiger charge is 2.34. The minimum Gasteiger partial charge on any atom is -0.393 e. The van der Waals surface area contributed by atoms with Gasteiger partial charge < -0.3 is 10.4 Å². The predicted molar refractivity (Wildman–Crippen MR) is 159 cm³/mol. The first-order valence-corrected chi connectivity index (χ1v) is 14.2. The van der Waals surface area contributed by atoms with Crippen LogP contribution in [-0.2, 0) is 11.0 Å². The van der Waals surface area contributed by atoms with Crippen LogP contribution in [0.15, 0.2) is 67.3 Å². The van der Waals surface area contributed by atoms with Crippen LogP contribution in [-0.4, -0.2) is 70.8 Å². The summed E-state index contributed by atoms with van der Waals surface area (Å²) in [6.07, 6.45) is 1.11. The van der Waals surface area contributed by atoms with Crippen LogP contribution >= 0.6 is 11.6 Å². The summed E-state index contributed by atoms with van der Waals surface area (Å²) in [5, 5.41) is 20.9. The minimum absolute atomic E-state index is 0.183. The van der Waals surface area contributed by atoms with Crippen molar-refractivity contribution >= 4 is 51.0 Å². The van der Waals surface area contributed by atoms with E-state index in [9.17, 15) is 23.1 Å². The zero-order valence-corrected chi connectivity index (χ0v) is 23.7. The molecule has 14 heteroatoms. The van der Waals surface area contributed by atoms with Gasteiger partial charge in [-0.25, -0.2) is 4.98 Å². The number of aliphatic hydroxyl groups is 1. The third-order valence-electron chi connectivity index (χ3n) is 7.84. The fourth-order valence-electron chi connectivity index (χ4n) is 5.63. The molecule has 0 unspecified atom stereocenters. The van der Waals surface area contributed by atoms with Gasteiger partial charge in [0.25, 0.3) is 0 Å². The zero-order valence-electron chi connectivity index (χ0n) is 23.0. The summed E-state index contributed by atoms with van der Waals surface area (Å²) in [5.41, 5.74) is 2.65. The van der Waals surface area contributed by atoms with Gasteiger partial charge in [0.2, 0.25) is 11.7 Å². The molecule has 0 spiro atoms. The van der Waals surface area contributed by atoms with Crippen molar-refractivity contribution in [2.45, 2.75) is 25.1 Å².